The van der Waals surface area contributed by atoms with Crippen LogP contribution in [0, 0.1) is 17.2 Å². The SMILES string of the molecule is COC(c1ccccc1)C(C)C#N. The van der Waals surface area contributed by atoms with E-state index in [4.69, 9.17) is 10.00 Å². The molecule has 0 aliphatic rings. The minimum Gasteiger partial charge on any atom is -0.375 e. The highest BCUT2D eigenvalue weighted by atomic mass is 16.5. The number of benzene rings is 1. The Hall–Kier alpha value is -1.33. The molecule has 0 aliphatic carbocycles. The number of methoxy groups -OCH3 is 1. The highest BCUT2D eigenvalue weighted by Crippen LogP contribution is 2.24. The lowest BCUT2D eigenvalue weighted by atomic mass is 9.99. The molecule has 0 heterocycles. The van der Waals surface area contributed by atoms with Crippen LogP contribution in [0.2, 0.25) is 0 Å². The van der Waals surface area contributed by atoms with Gasteiger partial charge in [-0.25, -0.2) is 0 Å². The Kier molecular flexibility index (Phi) is 3.48. The number of hydrogen-bond acceptors (Lipinski definition) is 2. The molecule has 2 heteroatoms. The first-order valence-corrected chi connectivity index (χ1v) is 4.27. The maximum absolute atomic E-state index is 8.77. The third-order valence-corrected chi connectivity index (χ3v) is 2.04. The molecule has 0 amide bonds. The summed E-state index contributed by atoms with van der Waals surface area (Å²) < 4.78 is 5.27. The lowest BCUT2D eigenvalue weighted by molar-refractivity contribution is 0.0765. The number of hydrogen-bond donors (Lipinski definition) is 0. The molecule has 0 aromatic heterocycles. The molecule has 2 nitrogen and oxygen atoms in total. The standard InChI is InChI=1S/C11H13NO/c1-9(8-12)11(13-2)10-6-4-3-5-7-10/h3-7,9,11H,1-2H3. The average Bonchev–Trinajstić information content (AvgIpc) is 2.20. The quantitative estimate of drug-likeness (QED) is 0.707. The van der Waals surface area contributed by atoms with Gasteiger partial charge in [0.1, 0.15) is 0 Å². The summed E-state index contributed by atoms with van der Waals surface area (Å²) in [5.74, 6) is -0.118. The van der Waals surface area contributed by atoms with Crippen molar-refractivity contribution in [2.75, 3.05) is 7.11 Å². The number of nitrogens with zero attached hydrogens (tertiary/aromatic N) is 1. The fraction of sp³-hybridized carbons (Fsp3) is 0.364. The Labute approximate surface area is 78.8 Å². The van der Waals surface area contributed by atoms with Crippen molar-refractivity contribution in [2.45, 2.75) is 13.0 Å². The van der Waals surface area contributed by atoms with Crippen LogP contribution in [0.25, 0.3) is 0 Å². The van der Waals surface area contributed by atoms with Gasteiger partial charge in [0.15, 0.2) is 0 Å². The molecule has 0 N–H and O–H groups in total. The Morgan fingerprint density at radius 3 is 2.38 bits per heavy atom. The topological polar surface area (TPSA) is 33.0 Å². The summed E-state index contributed by atoms with van der Waals surface area (Å²) >= 11 is 0. The van der Waals surface area contributed by atoms with E-state index in [0.29, 0.717) is 0 Å². The van der Waals surface area contributed by atoms with Gasteiger partial charge in [0.05, 0.1) is 18.1 Å². The second-order valence-electron chi connectivity index (χ2n) is 2.98. The van der Waals surface area contributed by atoms with Crippen LogP contribution >= 0.6 is 0 Å². The summed E-state index contributed by atoms with van der Waals surface area (Å²) in [7, 11) is 1.63. The number of nitriles is 1. The molecule has 1 aromatic rings. The largest absolute Gasteiger partial charge is 0.375 e. The van der Waals surface area contributed by atoms with Crippen molar-refractivity contribution in [3.05, 3.63) is 35.9 Å². The molecule has 0 aliphatic heterocycles. The van der Waals surface area contributed by atoms with Gasteiger partial charge < -0.3 is 4.74 Å². The summed E-state index contributed by atoms with van der Waals surface area (Å²) in [6.07, 6.45) is -0.119. The van der Waals surface area contributed by atoms with Crippen LogP contribution in [0.3, 0.4) is 0 Å². The second-order valence-corrected chi connectivity index (χ2v) is 2.98. The van der Waals surface area contributed by atoms with Gasteiger partial charge in [0, 0.05) is 7.11 Å². The van der Waals surface area contributed by atoms with Gasteiger partial charge >= 0.3 is 0 Å². The van der Waals surface area contributed by atoms with Crippen LogP contribution in [-0.4, -0.2) is 7.11 Å². The molecule has 1 aromatic carbocycles. The Morgan fingerprint density at radius 2 is 1.92 bits per heavy atom. The Morgan fingerprint density at radius 1 is 1.31 bits per heavy atom. The van der Waals surface area contributed by atoms with Gasteiger partial charge in [0.25, 0.3) is 0 Å². The maximum atomic E-state index is 8.77. The lowest BCUT2D eigenvalue weighted by Gasteiger charge is -2.17. The number of rotatable bonds is 3. The molecule has 2 unspecified atom stereocenters. The molecule has 0 radical (unpaired) electrons. The number of ether oxygens (including phenoxy) is 1. The van der Waals surface area contributed by atoms with Gasteiger partial charge in [-0.15, -0.1) is 0 Å². The molecule has 1 rings (SSSR count). The maximum Gasteiger partial charge on any atom is 0.0976 e. The summed E-state index contributed by atoms with van der Waals surface area (Å²) in [4.78, 5) is 0. The third kappa shape index (κ3) is 2.30. The summed E-state index contributed by atoms with van der Waals surface area (Å²) in [5.41, 5.74) is 1.05. The predicted molar refractivity (Wildman–Crippen MR) is 51.0 cm³/mol. The summed E-state index contributed by atoms with van der Waals surface area (Å²) in [6.45, 7) is 1.86. The van der Waals surface area contributed by atoms with Crippen molar-refractivity contribution in [1.82, 2.24) is 0 Å². The van der Waals surface area contributed by atoms with Crippen LogP contribution in [0.1, 0.15) is 18.6 Å². The van der Waals surface area contributed by atoms with Crippen LogP contribution < -0.4 is 0 Å². The molecular weight excluding hydrogens is 162 g/mol. The molecule has 0 saturated heterocycles. The zero-order chi connectivity index (χ0) is 9.68. The average molecular weight is 175 g/mol. The van der Waals surface area contributed by atoms with Gasteiger partial charge in [-0.2, -0.15) is 5.26 Å². The fourth-order valence-corrected chi connectivity index (χ4v) is 1.34. The first kappa shape index (κ1) is 9.76. The van der Waals surface area contributed by atoms with E-state index in [0.717, 1.165) is 5.56 Å². The van der Waals surface area contributed by atoms with Crippen LogP contribution in [0.4, 0.5) is 0 Å². The Balaban J connectivity index is 2.86. The summed E-state index contributed by atoms with van der Waals surface area (Å²) in [6, 6.07) is 12.0. The van der Waals surface area contributed by atoms with Crippen molar-refractivity contribution >= 4 is 0 Å². The van der Waals surface area contributed by atoms with Crippen LogP contribution in [0.15, 0.2) is 30.3 Å². The van der Waals surface area contributed by atoms with Gasteiger partial charge in [-0.1, -0.05) is 30.3 Å². The highest BCUT2D eigenvalue weighted by molar-refractivity contribution is 5.19. The molecule has 0 spiro atoms. The van der Waals surface area contributed by atoms with E-state index in [2.05, 4.69) is 6.07 Å². The van der Waals surface area contributed by atoms with Crippen molar-refractivity contribution in [3.8, 4) is 6.07 Å². The van der Waals surface area contributed by atoms with Crippen LogP contribution in [-0.2, 0) is 4.74 Å². The van der Waals surface area contributed by atoms with Crippen molar-refractivity contribution in [2.24, 2.45) is 5.92 Å². The predicted octanol–water partition coefficient (Wildman–Crippen LogP) is 2.53. The molecule has 68 valence electrons. The normalized spacial score (nSPS) is 14.5. The highest BCUT2D eigenvalue weighted by Gasteiger charge is 2.17. The molecule has 2 atom stereocenters. The minimum absolute atomic E-state index is 0.118. The fourth-order valence-electron chi connectivity index (χ4n) is 1.34. The van der Waals surface area contributed by atoms with Crippen LogP contribution in [0.5, 0.6) is 0 Å². The van der Waals surface area contributed by atoms with Gasteiger partial charge in [-0.3, -0.25) is 0 Å². The molecular formula is C11H13NO. The van der Waals surface area contributed by atoms with E-state index < -0.39 is 0 Å². The first-order valence-electron chi connectivity index (χ1n) is 4.27. The molecule has 0 saturated carbocycles. The first-order chi connectivity index (χ1) is 6.29. The molecule has 13 heavy (non-hydrogen) atoms. The third-order valence-electron chi connectivity index (χ3n) is 2.04. The van der Waals surface area contributed by atoms with E-state index in [-0.39, 0.29) is 12.0 Å². The second kappa shape index (κ2) is 4.64. The van der Waals surface area contributed by atoms with E-state index in [1.165, 1.54) is 0 Å². The minimum atomic E-state index is -0.119. The van der Waals surface area contributed by atoms with Gasteiger partial charge in [0.2, 0.25) is 0 Å². The lowest BCUT2D eigenvalue weighted by Crippen LogP contribution is -2.09. The van der Waals surface area contributed by atoms with E-state index >= 15 is 0 Å². The van der Waals surface area contributed by atoms with E-state index in [9.17, 15) is 0 Å². The summed E-state index contributed by atoms with van der Waals surface area (Å²) in [5, 5.41) is 8.77. The van der Waals surface area contributed by atoms with E-state index in [1.807, 2.05) is 37.3 Å². The monoisotopic (exact) mass is 175 g/mol. The van der Waals surface area contributed by atoms with Crippen molar-refractivity contribution < 1.29 is 4.74 Å². The molecule has 0 fully saturated rings. The van der Waals surface area contributed by atoms with Crippen molar-refractivity contribution in [1.29, 1.82) is 5.26 Å². The van der Waals surface area contributed by atoms with Gasteiger partial charge in [-0.05, 0) is 12.5 Å². The molecule has 0 bridgehead atoms. The van der Waals surface area contributed by atoms with Crippen molar-refractivity contribution in [3.63, 3.8) is 0 Å². The Bertz CT molecular complexity index is 289. The smallest absolute Gasteiger partial charge is 0.0976 e. The zero-order valence-electron chi connectivity index (χ0n) is 7.90. The van der Waals surface area contributed by atoms with E-state index in [1.54, 1.807) is 7.11 Å². The zero-order valence-corrected chi connectivity index (χ0v) is 7.90.